The van der Waals surface area contributed by atoms with Gasteiger partial charge in [0.15, 0.2) is 17.0 Å². The molecule has 0 unspecified atom stereocenters. The summed E-state index contributed by atoms with van der Waals surface area (Å²) in [6, 6.07) is 4.19. The van der Waals surface area contributed by atoms with Gasteiger partial charge in [0, 0.05) is 37.1 Å². The molecule has 0 aliphatic carbocycles. The first kappa shape index (κ1) is 23.9. The molecule has 4 aromatic heterocycles. The number of nitrogens with zero attached hydrogens (tertiary/aromatic N) is 7. The molecule has 0 amide bonds. The third kappa shape index (κ3) is 4.23. The van der Waals surface area contributed by atoms with Crippen LogP contribution in [0.1, 0.15) is 44.7 Å². The van der Waals surface area contributed by atoms with Crippen LogP contribution in [0.2, 0.25) is 0 Å². The lowest BCUT2D eigenvalue weighted by atomic mass is 9.80. The third-order valence-electron chi connectivity index (χ3n) is 7.38. The Labute approximate surface area is 214 Å². The number of nitrogens with one attached hydrogen (secondary N) is 1. The second-order valence-electron chi connectivity index (χ2n) is 9.75. The number of nitrogens with two attached hydrogens (primary N) is 1. The highest BCUT2D eigenvalue weighted by Crippen LogP contribution is 2.40. The number of pyridine rings is 1. The average Bonchev–Trinajstić information content (AvgIpc) is 3.55. The molecule has 35 heavy (non-hydrogen) atoms. The van der Waals surface area contributed by atoms with Gasteiger partial charge in [-0.05, 0) is 43.4 Å². The fraction of sp³-hybridized carbons (Fsp3) is 0.458. The maximum atomic E-state index is 5.97. The minimum atomic E-state index is 0. The Morgan fingerprint density at radius 3 is 2.74 bits per heavy atom. The molecule has 2 aliphatic heterocycles. The fourth-order valence-electron chi connectivity index (χ4n) is 4.93. The number of hydrogen-bond acceptors (Lipinski definition) is 9. The Morgan fingerprint density at radius 2 is 2.00 bits per heavy atom. The second-order valence-corrected chi connectivity index (χ2v) is 10.6. The monoisotopic (exact) mass is 511 g/mol. The van der Waals surface area contributed by atoms with Gasteiger partial charge in [-0.25, -0.2) is 19.9 Å². The number of aromatic amines is 1. The zero-order chi connectivity index (χ0) is 23.3. The van der Waals surface area contributed by atoms with Gasteiger partial charge in [-0.1, -0.05) is 13.8 Å². The molecule has 4 aromatic rings. The number of fused-ring (bicyclic) bond motifs is 2. The maximum Gasteiger partial charge on any atom is 0.183 e. The number of rotatable bonds is 4. The number of piperidine rings is 1. The molecule has 0 bridgehead atoms. The van der Waals surface area contributed by atoms with Crippen LogP contribution >= 0.6 is 23.7 Å². The first-order valence-corrected chi connectivity index (χ1v) is 12.8. The van der Waals surface area contributed by atoms with E-state index in [0.29, 0.717) is 11.6 Å². The fourth-order valence-corrected chi connectivity index (χ4v) is 5.53. The van der Waals surface area contributed by atoms with Crippen LogP contribution in [0.5, 0.6) is 0 Å². The second kappa shape index (κ2) is 9.33. The van der Waals surface area contributed by atoms with Gasteiger partial charge in [-0.15, -0.1) is 23.7 Å². The highest BCUT2D eigenvalue weighted by molar-refractivity contribution is 7.13. The van der Waals surface area contributed by atoms with Crippen LogP contribution in [0, 0.1) is 5.41 Å². The average molecular weight is 512 g/mol. The van der Waals surface area contributed by atoms with Crippen LogP contribution in [-0.2, 0) is 0 Å². The Morgan fingerprint density at radius 1 is 1.17 bits per heavy atom. The molecule has 0 radical (unpaired) electrons. The van der Waals surface area contributed by atoms with Crippen LogP contribution in [0.15, 0.2) is 29.9 Å². The van der Waals surface area contributed by atoms with E-state index in [1.54, 1.807) is 11.3 Å². The van der Waals surface area contributed by atoms with Crippen LogP contribution < -0.4 is 15.5 Å². The van der Waals surface area contributed by atoms with Gasteiger partial charge in [-0.2, -0.15) is 5.10 Å². The summed E-state index contributed by atoms with van der Waals surface area (Å²) in [4.78, 5) is 23.6. The molecule has 3 N–H and O–H groups in total. The van der Waals surface area contributed by atoms with Crippen LogP contribution in [0.4, 0.5) is 17.3 Å². The van der Waals surface area contributed by atoms with Gasteiger partial charge in [0.1, 0.15) is 10.8 Å². The Balaban J connectivity index is 0.00000253. The van der Waals surface area contributed by atoms with E-state index in [9.17, 15) is 0 Å². The summed E-state index contributed by atoms with van der Waals surface area (Å²) in [5, 5.41) is 10.7. The molecule has 184 valence electrons. The quantitative estimate of drug-likeness (QED) is 0.411. The van der Waals surface area contributed by atoms with E-state index < -0.39 is 0 Å². The van der Waals surface area contributed by atoms with Crippen molar-refractivity contribution in [3.05, 3.63) is 35.6 Å². The first-order valence-electron chi connectivity index (χ1n) is 11.9. The minimum absolute atomic E-state index is 0. The van der Waals surface area contributed by atoms with E-state index in [-0.39, 0.29) is 17.8 Å². The van der Waals surface area contributed by atoms with E-state index in [1.165, 1.54) is 0 Å². The number of aromatic nitrogens is 6. The molecule has 1 atom stereocenters. The Bertz CT molecular complexity index is 1310. The molecular formula is C24H30ClN9S. The lowest BCUT2D eigenvalue weighted by molar-refractivity contribution is 0.258. The van der Waals surface area contributed by atoms with Crippen LogP contribution in [0.25, 0.3) is 21.9 Å². The smallest absolute Gasteiger partial charge is 0.183 e. The summed E-state index contributed by atoms with van der Waals surface area (Å²) >= 11 is 1.61. The van der Waals surface area contributed by atoms with Crippen LogP contribution in [-0.4, -0.2) is 56.3 Å². The van der Waals surface area contributed by atoms with E-state index in [4.69, 9.17) is 20.7 Å². The highest BCUT2D eigenvalue weighted by atomic mass is 35.5. The number of hydrogen-bond donors (Lipinski definition) is 2. The van der Waals surface area contributed by atoms with Crippen LogP contribution in [0.3, 0.4) is 0 Å². The summed E-state index contributed by atoms with van der Waals surface area (Å²) in [6.07, 6.45) is 6.82. The Kier molecular flexibility index (Phi) is 6.37. The van der Waals surface area contributed by atoms with Crippen molar-refractivity contribution >= 4 is 52.2 Å². The SMILES string of the molecule is C[C@@H]1CCN(c2n[nH]c3nc(N4CCC(C)(CN)CC4)cnc23)c2ccc(-c3nccs3)nc21.Cl. The van der Waals surface area contributed by atoms with Crippen molar-refractivity contribution in [2.75, 3.05) is 36.0 Å². The molecule has 1 saturated heterocycles. The van der Waals surface area contributed by atoms with Gasteiger partial charge in [0.05, 0.1) is 23.3 Å². The summed E-state index contributed by atoms with van der Waals surface area (Å²) in [6.45, 7) is 7.98. The van der Waals surface area contributed by atoms with E-state index in [2.05, 4.69) is 44.9 Å². The predicted molar refractivity (Wildman–Crippen MR) is 143 cm³/mol. The van der Waals surface area contributed by atoms with Gasteiger partial charge in [0.25, 0.3) is 0 Å². The number of H-pyrrole nitrogens is 1. The third-order valence-corrected chi connectivity index (χ3v) is 8.18. The van der Waals surface area contributed by atoms with Gasteiger partial charge in [0.2, 0.25) is 0 Å². The maximum absolute atomic E-state index is 5.97. The van der Waals surface area contributed by atoms with Gasteiger partial charge in [-0.3, -0.25) is 5.10 Å². The first-order chi connectivity index (χ1) is 16.5. The van der Waals surface area contributed by atoms with E-state index in [0.717, 1.165) is 84.7 Å². The molecule has 1 fully saturated rings. The molecular weight excluding hydrogens is 482 g/mol. The molecule has 11 heteroatoms. The largest absolute Gasteiger partial charge is 0.355 e. The molecule has 0 saturated carbocycles. The standard InChI is InChI=1S/C24H29N9S.ClH/c1-15-5-9-33(17-4-3-16(28-19(15)17)23-26-8-12-34-23)22-20-21(30-31-22)29-18(13-27-20)32-10-6-24(2,14-25)7-11-32;/h3-4,8,12-13,15H,5-7,9-11,14,25H2,1-2H3,(H,29,30,31);1H/t15-;/m1./s1. The van der Waals surface area contributed by atoms with E-state index in [1.807, 2.05) is 23.8 Å². The topological polar surface area (TPSA) is 113 Å². The molecule has 0 spiro atoms. The van der Waals surface area contributed by atoms with Gasteiger partial charge >= 0.3 is 0 Å². The zero-order valence-corrected chi connectivity index (χ0v) is 21.6. The normalized spacial score (nSPS) is 19.5. The van der Waals surface area contributed by atoms with Crippen molar-refractivity contribution in [1.29, 1.82) is 0 Å². The lowest BCUT2D eigenvalue weighted by Crippen LogP contribution is -2.42. The Hall–Kier alpha value is -2.82. The molecule has 6 rings (SSSR count). The summed E-state index contributed by atoms with van der Waals surface area (Å²) in [7, 11) is 0. The number of thiazole rings is 1. The predicted octanol–water partition coefficient (Wildman–Crippen LogP) is 4.50. The highest BCUT2D eigenvalue weighted by Gasteiger charge is 2.31. The summed E-state index contributed by atoms with van der Waals surface area (Å²) in [5.41, 5.74) is 10.8. The van der Waals surface area contributed by atoms with Crippen molar-refractivity contribution in [2.45, 2.75) is 39.0 Å². The molecule has 2 aliphatic rings. The van der Waals surface area contributed by atoms with Crippen molar-refractivity contribution in [3.63, 3.8) is 0 Å². The molecule has 9 nitrogen and oxygen atoms in total. The van der Waals surface area contributed by atoms with Crippen molar-refractivity contribution in [3.8, 4) is 10.7 Å². The minimum Gasteiger partial charge on any atom is -0.355 e. The summed E-state index contributed by atoms with van der Waals surface area (Å²) in [5.74, 6) is 2.07. The van der Waals surface area contributed by atoms with E-state index >= 15 is 0 Å². The molecule has 6 heterocycles. The van der Waals surface area contributed by atoms with Crippen molar-refractivity contribution in [2.24, 2.45) is 11.1 Å². The number of anilines is 3. The lowest BCUT2D eigenvalue weighted by Gasteiger charge is -2.39. The number of halogens is 1. The van der Waals surface area contributed by atoms with Crippen molar-refractivity contribution < 1.29 is 0 Å². The summed E-state index contributed by atoms with van der Waals surface area (Å²) < 4.78 is 0. The van der Waals surface area contributed by atoms with Gasteiger partial charge < -0.3 is 15.5 Å². The molecule has 0 aromatic carbocycles. The van der Waals surface area contributed by atoms with Crippen molar-refractivity contribution in [1.82, 2.24) is 30.1 Å². The zero-order valence-electron chi connectivity index (χ0n) is 19.9.